The van der Waals surface area contributed by atoms with Gasteiger partial charge in [-0.05, 0) is 19.3 Å². The first-order valence-corrected chi connectivity index (χ1v) is 6.88. The summed E-state index contributed by atoms with van der Waals surface area (Å²) >= 11 is 3.38. The third kappa shape index (κ3) is 5.85. The zero-order valence-electron chi connectivity index (χ0n) is 9.58. The molecule has 4 heteroatoms. The molecular weight excluding hydrogens is 258 g/mol. The van der Waals surface area contributed by atoms with Crippen molar-refractivity contribution < 1.29 is 9.47 Å². The number of piperidine rings is 1. The molecule has 1 heterocycles. The van der Waals surface area contributed by atoms with Crippen LogP contribution in [0, 0.1) is 0 Å². The number of rotatable bonds is 7. The lowest BCUT2D eigenvalue weighted by Gasteiger charge is -2.31. The Bertz CT molecular complexity index is 150. The number of likely N-dealkylation sites (tertiary alicyclic amines) is 1. The van der Waals surface area contributed by atoms with Crippen LogP contribution in [0.5, 0.6) is 0 Å². The Balaban J connectivity index is 2.02. The molecule has 1 aliphatic rings. The number of alkyl halides is 1. The highest BCUT2D eigenvalue weighted by Crippen LogP contribution is 2.13. The van der Waals surface area contributed by atoms with Gasteiger partial charge in [-0.3, -0.25) is 0 Å². The minimum absolute atomic E-state index is 0.487. The second-order valence-electron chi connectivity index (χ2n) is 3.95. The van der Waals surface area contributed by atoms with E-state index in [1.165, 1.54) is 32.5 Å². The Hall–Kier alpha value is 0.360. The molecule has 0 saturated carbocycles. The van der Waals surface area contributed by atoms with Gasteiger partial charge in [-0.15, -0.1) is 0 Å². The highest BCUT2D eigenvalue weighted by molar-refractivity contribution is 9.09. The van der Waals surface area contributed by atoms with Gasteiger partial charge in [0.15, 0.2) is 0 Å². The maximum Gasteiger partial charge on any atom is 0.0599 e. The Kier molecular flexibility index (Phi) is 7.61. The average Bonchev–Trinajstić information content (AvgIpc) is 2.28. The first-order valence-electron chi connectivity index (χ1n) is 5.75. The van der Waals surface area contributed by atoms with Gasteiger partial charge in [0.1, 0.15) is 0 Å². The van der Waals surface area contributed by atoms with Crippen LogP contribution in [0.2, 0.25) is 0 Å². The Morgan fingerprint density at radius 2 is 2.00 bits per heavy atom. The molecule has 0 aromatic heterocycles. The summed E-state index contributed by atoms with van der Waals surface area (Å²) in [7, 11) is 1.76. The lowest BCUT2D eigenvalue weighted by Crippen LogP contribution is -2.38. The summed E-state index contributed by atoms with van der Waals surface area (Å²) in [5.74, 6) is 0. The van der Waals surface area contributed by atoms with Gasteiger partial charge in [-0.1, -0.05) is 15.9 Å². The van der Waals surface area contributed by atoms with E-state index in [0.29, 0.717) is 6.10 Å². The van der Waals surface area contributed by atoms with E-state index in [2.05, 4.69) is 20.8 Å². The molecule has 0 spiro atoms. The van der Waals surface area contributed by atoms with E-state index in [1.807, 2.05) is 0 Å². The fourth-order valence-electron chi connectivity index (χ4n) is 1.94. The molecule has 1 aliphatic heterocycles. The van der Waals surface area contributed by atoms with Crippen LogP contribution in [0.1, 0.15) is 19.3 Å². The standard InChI is InChI=1S/C11H22BrNO2/c1-14-9-2-6-13-7-3-11(4-8-13)15-10-5-12/h11H,2-10H2,1H3. The van der Waals surface area contributed by atoms with E-state index < -0.39 is 0 Å². The Morgan fingerprint density at radius 3 is 2.60 bits per heavy atom. The molecule has 0 aliphatic carbocycles. The molecule has 90 valence electrons. The van der Waals surface area contributed by atoms with Crippen LogP contribution in [-0.2, 0) is 9.47 Å². The molecule has 3 nitrogen and oxygen atoms in total. The van der Waals surface area contributed by atoms with Crippen molar-refractivity contribution >= 4 is 15.9 Å². The van der Waals surface area contributed by atoms with Crippen molar-refractivity contribution in [1.29, 1.82) is 0 Å². The fourth-order valence-corrected chi connectivity index (χ4v) is 2.13. The monoisotopic (exact) mass is 279 g/mol. The molecule has 0 N–H and O–H groups in total. The van der Waals surface area contributed by atoms with Crippen molar-refractivity contribution in [2.75, 3.05) is 45.3 Å². The molecule has 0 amide bonds. The number of hydrogen-bond acceptors (Lipinski definition) is 3. The second kappa shape index (κ2) is 8.50. The first-order chi connectivity index (χ1) is 7.36. The van der Waals surface area contributed by atoms with Crippen LogP contribution in [0.4, 0.5) is 0 Å². The van der Waals surface area contributed by atoms with E-state index in [0.717, 1.165) is 25.0 Å². The SMILES string of the molecule is COCCCN1CCC(OCCBr)CC1. The van der Waals surface area contributed by atoms with Gasteiger partial charge >= 0.3 is 0 Å². The van der Waals surface area contributed by atoms with Crippen LogP contribution >= 0.6 is 15.9 Å². The number of halogens is 1. The van der Waals surface area contributed by atoms with E-state index in [9.17, 15) is 0 Å². The molecule has 0 unspecified atom stereocenters. The average molecular weight is 280 g/mol. The van der Waals surface area contributed by atoms with E-state index in [1.54, 1.807) is 7.11 Å². The van der Waals surface area contributed by atoms with Gasteiger partial charge < -0.3 is 14.4 Å². The van der Waals surface area contributed by atoms with Gasteiger partial charge in [0.2, 0.25) is 0 Å². The highest BCUT2D eigenvalue weighted by Gasteiger charge is 2.18. The summed E-state index contributed by atoms with van der Waals surface area (Å²) in [6.07, 6.45) is 3.99. The molecular formula is C11H22BrNO2. The lowest BCUT2D eigenvalue weighted by molar-refractivity contribution is 0.0144. The zero-order chi connectivity index (χ0) is 10.9. The largest absolute Gasteiger partial charge is 0.385 e. The topological polar surface area (TPSA) is 21.7 Å². The summed E-state index contributed by atoms with van der Waals surface area (Å²) in [4.78, 5) is 2.51. The zero-order valence-corrected chi connectivity index (χ0v) is 11.2. The number of methoxy groups -OCH3 is 1. The quantitative estimate of drug-likeness (QED) is 0.525. The maximum absolute atomic E-state index is 5.71. The molecule has 0 aromatic carbocycles. The molecule has 0 aromatic rings. The van der Waals surface area contributed by atoms with Crippen LogP contribution < -0.4 is 0 Å². The minimum atomic E-state index is 0.487. The van der Waals surface area contributed by atoms with Gasteiger partial charge in [0, 0.05) is 38.7 Å². The number of ether oxygens (including phenoxy) is 2. The van der Waals surface area contributed by atoms with Crippen LogP contribution in [0.3, 0.4) is 0 Å². The smallest absolute Gasteiger partial charge is 0.0599 e. The number of hydrogen-bond donors (Lipinski definition) is 0. The van der Waals surface area contributed by atoms with Gasteiger partial charge in [-0.2, -0.15) is 0 Å². The Morgan fingerprint density at radius 1 is 1.27 bits per heavy atom. The fraction of sp³-hybridized carbons (Fsp3) is 1.00. The van der Waals surface area contributed by atoms with E-state index in [-0.39, 0.29) is 0 Å². The summed E-state index contributed by atoms with van der Waals surface area (Å²) in [5.41, 5.74) is 0. The van der Waals surface area contributed by atoms with Crippen LogP contribution in [-0.4, -0.2) is 56.3 Å². The molecule has 0 atom stereocenters. The summed E-state index contributed by atoms with van der Waals surface area (Å²) in [6, 6.07) is 0. The molecule has 0 bridgehead atoms. The third-order valence-electron chi connectivity index (χ3n) is 2.79. The van der Waals surface area contributed by atoms with Crippen LogP contribution in [0.15, 0.2) is 0 Å². The van der Waals surface area contributed by atoms with Crippen molar-refractivity contribution in [3.05, 3.63) is 0 Å². The van der Waals surface area contributed by atoms with Crippen molar-refractivity contribution in [3.63, 3.8) is 0 Å². The van der Waals surface area contributed by atoms with E-state index >= 15 is 0 Å². The van der Waals surface area contributed by atoms with Crippen LogP contribution in [0.25, 0.3) is 0 Å². The summed E-state index contributed by atoms with van der Waals surface area (Å²) < 4.78 is 10.8. The normalized spacial score (nSPS) is 19.6. The third-order valence-corrected chi connectivity index (χ3v) is 3.11. The second-order valence-corrected chi connectivity index (χ2v) is 4.74. The van der Waals surface area contributed by atoms with Gasteiger partial charge in [-0.25, -0.2) is 0 Å². The molecule has 1 fully saturated rings. The van der Waals surface area contributed by atoms with Gasteiger partial charge in [0.05, 0.1) is 12.7 Å². The highest BCUT2D eigenvalue weighted by atomic mass is 79.9. The van der Waals surface area contributed by atoms with Crippen molar-refractivity contribution in [2.45, 2.75) is 25.4 Å². The first kappa shape index (κ1) is 13.4. The van der Waals surface area contributed by atoms with Crippen molar-refractivity contribution in [1.82, 2.24) is 4.90 Å². The molecule has 15 heavy (non-hydrogen) atoms. The van der Waals surface area contributed by atoms with Gasteiger partial charge in [0.25, 0.3) is 0 Å². The lowest BCUT2D eigenvalue weighted by atomic mass is 10.1. The van der Waals surface area contributed by atoms with E-state index in [4.69, 9.17) is 9.47 Å². The van der Waals surface area contributed by atoms with Crippen molar-refractivity contribution in [2.24, 2.45) is 0 Å². The molecule has 1 rings (SSSR count). The predicted octanol–water partition coefficient (Wildman–Crippen LogP) is 1.90. The molecule has 1 saturated heterocycles. The summed E-state index contributed by atoms with van der Waals surface area (Å²) in [6.45, 7) is 5.24. The Labute approximate surface area is 101 Å². The minimum Gasteiger partial charge on any atom is -0.385 e. The number of nitrogens with zero attached hydrogens (tertiary/aromatic N) is 1. The summed E-state index contributed by atoms with van der Waals surface area (Å²) in [5, 5.41) is 0.945. The molecule has 0 radical (unpaired) electrons. The van der Waals surface area contributed by atoms with Crippen molar-refractivity contribution in [3.8, 4) is 0 Å². The predicted molar refractivity (Wildman–Crippen MR) is 65.7 cm³/mol. The maximum atomic E-state index is 5.71.